The highest BCUT2D eigenvalue weighted by molar-refractivity contribution is 8.18. The highest BCUT2D eigenvalue weighted by Gasteiger charge is 2.40. The minimum Gasteiger partial charge on any atom is -0.480 e. The third kappa shape index (κ3) is 2.86. The van der Waals surface area contributed by atoms with Crippen molar-refractivity contribution in [1.29, 1.82) is 0 Å². The molecule has 1 unspecified atom stereocenters. The first-order valence-corrected chi connectivity index (χ1v) is 6.85. The van der Waals surface area contributed by atoms with E-state index in [1.54, 1.807) is 24.3 Å². The summed E-state index contributed by atoms with van der Waals surface area (Å²) in [6, 6.07) is 5.56. The van der Waals surface area contributed by atoms with Gasteiger partial charge in [-0.3, -0.25) is 14.5 Å². The van der Waals surface area contributed by atoms with Crippen molar-refractivity contribution in [3.8, 4) is 0 Å². The Labute approximate surface area is 124 Å². The Balaban J connectivity index is 2.28. The Morgan fingerprint density at radius 3 is 2.50 bits per heavy atom. The predicted molar refractivity (Wildman–Crippen MR) is 76.4 cm³/mol. The molecule has 0 radical (unpaired) electrons. The number of rotatable bonds is 3. The van der Waals surface area contributed by atoms with Crippen molar-refractivity contribution < 1.29 is 19.5 Å². The molecule has 1 heterocycles. The van der Waals surface area contributed by atoms with Crippen LogP contribution < -0.4 is 0 Å². The van der Waals surface area contributed by atoms with Crippen LogP contribution in [0.4, 0.5) is 4.79 Å². The molecule has 1 aromatic rings. The number of carboxylic acids is 1. The average Bonchev–Trinajstić information content (AvgIpc) is 2.66. The fraction of sp³-hybridized carbons (Fsp3) is 0.154. The molecule has 7 heteroatoms. The van der Waals surface area contributed by atoms with Gasteiger partial charge in [0, 0.05) is 5.02 Å². The second-order valence-electron chi connectivity index (χ2n) is 4.12. The Hall–Kier alpha value is -1.79. The van der Waals surface area contributed by atoms with Crippen molar-refractivity contribution in [1.82, 2.24) is 4.90 Å². The van der Waals surface area contributed by atoms with E-state index in [0.717, 1.165) is 16.7 Å². The fourth-order valence-electron chi connectivity index (χ4n) is 1.63. The predicted octanol–water partition coefficient (Wildman–Crippen LogP) is 2.85. The van der Waals surface area contributed by atoms with Crippen LogP contribution in [-0.4, -0.2) is 33.2 Å². The molecule has 0 saturated carbocycles. The fourth-order valence-corrected chi connectivity index (χ4v) is 2.67. The first kappa shape index (κ1) is 14.6. The molecule has 1 aliphatic rings. The van der Waals surface area contributed by atoms with Crippen LogP contribution >= 0.6 is 23.4 Å². The first-order chi connectivity index (χ1) is 9.40. The molecule has 2 amide bonds. The van der Waals surface area contributed by atoms with E-state index in [9.17, 15) is 14.4 Å². The molecule has 0 aromatic heterocycles. The number of aliphatic carboxylic acids is 1. The van der Waals surface area contributed by atoms with E-state index in [0.29, 0.717) is 10.6 Å². The van der Waals surface area contributed by atoms with Crippen LogP contribution in [0.5, 0.6) is 0 Å². The van der Waals surface area contributed by atoms with Gasteiger partial charge in [-0.15, -0.1) is 0 Å². The molecular formula is C13H10ClNO4S. The lowest BCUT2D eigenvalue weighted by molar-refractivity contribution is -0.145. The second-order valence-corrected chi connectivity index (χ2v) is 5.55. The van der Waals surface area contributed by atoms with Gasteiger partial charge in [-0.1, -0.05) is 23.7 Å². The summed E-state index contributed by atoms with van der Waals surface area (Å²) in [6.07, 6.45) is 1.54. The number of carbonyl (C=O) groups excluding carboxylic acids is 2. The Morgan fingerprint density at radius 1 is 1.35 bits per heavy atom. The highest BCUT2D eigenvalue weighted by Crippen LogP contribution is 2.33. The lowest BCUT2D eigenvalue weighted by atomic mass is 10.2. The van der Waals surface area contributed by atoms with Crippen molar-refractivity contribution in [2.75, 3.05) is 0 Å². The molecule has 20 heavy (non-hydrogen) atoms. The van der Waals surface area contributed by atoms with Gasteiger partial charge in [0.05, 0.1) is 4.91 Å². The molecule has 5 nitrogen and oxygen atoms in total. The number of imide groups is 1. The lowest BCUT2D eigenvalue weighted by Crippen LogP contribution is -2.41. The van der Waals surface area contributed by atoms with E-state index in [2.05, 4.69) is 0 Å². The number of benzene rings is 1. The van der Waals surface area contributed by atoms with Gasteiger partial charge in [-0.2, -0.15) is 0 Å². The number of thioether (sulfide) groups is 1. The number of carboxylic acid groups (broad SMARTS) is 1. The SMILES string of the molecule is CC(C(=O)O)N1C(=O)SC(=Cc2ccc(Cl)cc2)C1=O. The molecule has 104 valence electrons. The number of nitrogens with zero attached hydrogens (tertiary/aromatic N) is 1. The molecule has 0 aliphatic carbocycles. The summed E-state index contributed by atoms with van der Waals surface area (Å²) in [5, 5.41) is 8.88. The zero-order valence-electron chi connectivity index (χ0n) is 10.4. The van der Waals surface area contributed by atoms with E-state index >= 15 is 0 Å². The second kappa shape index (κ2) is 5.68. The summed E-state index contributed by atoms with van der Waals surface area (Å²) in [5.41, 5.74) is 0.711. The van der Waals surface area contributed by atoms with Crippen molar-refractivity contribution >= 4 is 46.6 Å². The first-order valence-electron chi connectivity index (χ1n) is 5.65. The molecular weight excluding hydrogens is 302 g/mol. The number of hydrogen-bond donors (Lipinski definition) is 1. The van der Waals surface area contributed by atoms with Crippen LogP contribution in [0, 0.1) is 0 Å². The number of carbonyl (C=O) groups is 3. The van der Waals surface area contributed by atoms with Gasteiger partial charge < -0.3 is 5.11 Å². The van der Waals surface area contributed by atoms with Crippen LogP contribution in [-0.2, 0) is 9.59 Å². The third-order valence-electron chi connectivity index (χ3n) is 2.74. The van der Waals surface area contributed by atoms with Gasteiger partial charge in [0.15, 0.2) is 0 Å². The molecule has 2 rings (SSSR count). The van der Waals surface area contributed by atoms with Crippen LogP contribution in [0.3, 0.4) is 0 Å². The van der Waals surface area contributed by atoms with Gasteiger partial charge in [-0.05, 0) is 42.5 Å². The summed E-state index contributed by atoms with van der Waals surface area (Å²) in [7, 11) is 0. The van der Waals surface area contributed by atoms with Crippen LogP contribution in [0.1, 0.15) is 12.5 Å². The zero-order chi connectivity index (χ0) is 14.9. The van der Waals surface area contributed by atoms with E-state index in [-0.39, 0.29) is 4.91 Å². The molecule has 0 spiro atoms. The summed E-state index contributed by atoms with van der Waals surface area (Å²) in [5.74, 6) is -1.81. The van der Waals surface area contributed by atoms with E-state index < -0.39 is 23.2 Å². The maximum Gasteiger partial charge on any atom is 0.326 e. The molecule has 1 aliphatic heterocycles. The summed E-state index contributed by atoms with van der Waals surface area (Å²) in [6.45, 7) is 1.30. The van der Waals surface area contributed by atoms with Crippen molar-refractivity contribution in [2.45, 2.75) is 13.0 Å². The summed E-state index contributed by atoms with van der Waals surface area (Å²) >= 11 is 6.49. The van der Waals surface area contributed by atoms with Crippen LogP contribution in [0.15, 0.2) is 29.2 Å². The highest BCUT2D eigenvalue weighted by atomic mass is 35.5. The van der Waals surface area contributed by atoms with Crippen molar-refractivity contribution in [2.24, 2.45) is 0 Å². The monoisotopic (exact) mass is 311 g/mol. The zero-order valence-corrected chi connectivity index (χ0v) is 11.9. The molecule has 1 saturated heterocycles. The molecule has 1 aromatic carbocycles. The van der Waals surface area contributed by atoms with Gasteiger partial charge in [0.1, 0.15) is 6.04 Å². The van der Waals surface area contributed by atoms with Gasteiger partial charge in [0.25, 0.3) is 11.1 Å². The quantitative estimate of drug-likeness (QED) is 0.869. The largest absolute Gasteiger partial charge is 0.480 e. The van der Waals surface area contributed by atoms with E-state index in [4.69, 9.17) is 16.7 Å². The van der Waals surface area contributed by atoms with Gasteiger partial charge in [-0.25, -0.2) is 4.79 Å². The summed E-state index contributed by atoms with van der Waals surface area (Å²) < 4.78 is 0. The topological polar surface area (TPSA) is 74.7 Å². The van der Waals surface area contributed by atoms with Crippen LogP contribution in [0.25, 0.3) is 6.08 Å². The maximum absolute atomic E-state index is 12.1. The Morgan fingerprint density at radius 2 is 1.95 bits per heavy atom. The Kier molecular flexibility index (Phi) is 4.15. The Bertz CT molecular complexity index is 611. The maximum atomic E-state index is 12.1. The van der Waals surface area contributed by atoms with Crippen molar-refractivity contribution in [3.05, 3.63) is 39.8 Å². The van der Waals surface area contributed by atoms with Gasteiger partial charge >= 0.3 is 5.97 Å². The molecule has 1 N–H and O–H groups in total. The normalized spacial score (nSPS) is 18.7. The minimum atomic E-state index is -1.22. The number of hydrogen-bond acceptors (Lipinski definition) is 4. The van der Waals surface area contributed by atoms with E-state index in [1.165, 1.54) is 13.0 Å². The molecule has 0 bridgehead atoms. The lowest BCUT2D eigenvalue weighted by Gasteiger charge is -2.16. The standard InChI is InChI=1S/C13H10ClNO4S/c1-7(12(17)18)15-11(16)10(20-13(15)19)6-8-2-4-9(14)5-3-8/h2-7H,1H3,(H,17,18). The van der Waals surface area contributed by atoms with E-state index in [1.807, 2.05) is 0 Å². The summed E-state index contributed by atoms with van der Waals surface area (Å²) in [4.78, 5) is 35.6. The molecule has 1 fully saturated rings. The molecule has 1 atom stereocenters. The van der Waals surface area contributed by atoms with Gasteiger partial charge in [0.2, 0.25) is 0 Å². The van der Waals surface area contributed by atoms with Crippen molar-refractivity contribution in [3.63, 3.8) is 0 Å². The minimum absolute atomic E-state index is 0.199. The number of amides is 2. The average molecular weight is 312 g/mol. The smallest absolute Gasteiger partial charge is 0.326 e. The van der Waals surface area contributed by atoms with Crippen LogP contribution in [0.2, 0.25) is 5.02 Å². The third-order valence-corrected chi connectivity index (χ3v) is 3.87. The number of halogens is 1.